The highest BCUT2D eigenvalue weighted by Gasteiger charge is 2.27. The van der Waals surface area contributed by atoms with Gasteiger partial charge in [-0.05, 0) is 0 Å². The van der Waals surface area contributed by atoms with Gasteiger partial charge < -0.3 is 16.2 Å². The molecule has 0 unspecified atom stereocenters. The fourth-order valence-corrected chi connectivity index (χ4v) is 0.705. The molecule has 0 atom stereocenters. The van der Waals surface area contributed by atoms with Crippen LogP contribution < -0.4 is 11.1 Å². The average Bonchev–Trinajstić information content (AvgIpc) is 2.17. The minimum atomic E-state index is -3.16. The molecule has 0 aliphatic carbocycles. The van der Waals surface area contributed by atoms with E-state index in [0.29, 0.717) is 0 Å². The van der Waals surface area contributed by atoms with Crippen molar-refractivity contribution in [2.24, 2.45) is 0 Å². The molecule has 0 aromatic carbocycles. The molecule has 7 heteroatoms. The Morgan fingerprint density at radius 2 is 2.14 bits per heavy atom. The number of alkyl halides is 2. The lowest BCUT2D eigenvalue weighted by Crippen LogP contribution is -2.31. The van der Waals surface area contributed by atoms with Gasteiger partial charge in [0, 0.05) is 0 Å². The minimum absolute atomic E-state index is 0.187. The third-order valence-corrected chi connectivity index (χ3v) is 1.43. The molecule has 0 saturated carbocycles. The van der Waals surface area contributed by atoms with Crippen LogP contribution in [-0.4, -0.2) is 34.1 Å². The van der Waals surface area contributed by atoms with Crippen LogP contribution in [0.3, 0.4) is 0 Å². The SMILES string of the molecule is Nc1cnc(NCC(F)(F)CO)cn1. The van der Waals surface area contributed by atoms with Crippen LogP contribution in [0.4, 0.5) is 20.4 Å². The van der Waals surface area contributed by atoms with Gasteiger partial charge in [0.15, 0.2) is 0 Å². The first-order chi connectivity index (χ1) is 6.53. The fourth-order valence-electron chi connectivity index (χ4n) is 0.705. The first-order valence-corrected chi connectivity index (χ1v) is 3.83. The first kappa shape index (κ1) is 10.6. The number of nitrogen functional groups attached to an aromatic ring is 1. The summed E-state index contributed by atoms with van der Waals surface area (Å²) in [5, 5.41) is 10.6. The van der Waals surface area contributed by atoms with Crippen LogP contribution in [-0.2, 0) is 0 Å². The Morgan fingerprint density at radius 1 is 1.43 bits per heavy atom. The van der Waals surface area contributed by atoms with Crippen molar-refractivity contribution in [1.82, 2.24) is 9.97 Å². The maximum Gasteiger partial charge on any atom is 0.287 e. The van der Waals surface area contributed by atoms with E-state index in [-0.39, 0.29) is 11.6 Å². The molecule has 4 N–H and O–H groups in total. The summed E-state index contributed by atoms with van der Waals surface area (Å²) >= 11 is 0. The molecule has 5 nitrogen and oxygen atoms in total. The molecule has 0 aliphatic rings. The Morgan fingerprint density at radius 3 is 2.64 bits per heavy atom. The van der Waals surface area contributed by atoms with Crippen LogP contribution in [0.25, 0.3) is 0 Å². The molecule has 0 spiro atoms. The molecule has 0 aliphatic heterocycles. The standard InChI is InChI=1S/C7H10F2N4O/c8-7(9,4-14)3-13-6-2-11-5(10)1-12-6/h1-2,14H,3-4H2,(H2,10,11)(H,12,13). The largest absolute Gasteiger partial charge is 0.390 e. The van der Waals surface area contributed by atoms with Crippen LogP contribution >= 0.6 is 0 Å². The predicted octanol–water partition coefficient (Wildman–Crippen LogP) is 0.0983. The molecule has 1 heterocycles. The second-order valence-corrected chi connectivity index (χ2v) is 2.69. The Hall–Kier alpha value is -1.50. The lowest BCUT2D eigenvalue weighted by atomic mass is 10.3. The molecule has 0 radical (unpaired) electrons. The summed E-state index contributed by atoms with van der Waals surface area (Å²) in [6.07, 6.45) is 2.49. The second-order valence-electron chi connectivity index (χ2n) is 2.69. The van der Waals surface area contributed by atoms with Gasteiger partial charge in [0.05, 0.1) is 18.9 Å². The van der Waals surface area contributed by atoms with Crippen LogP contribution in [0, 0.1) is 0 Å². The number of halogens is 2. The summed E-state index contributed by atoms with van der Waals surface area (Å²) in [7, 11) is 0. The van der Waals surface area contributed by atoms with E-state index < -0.39 is 19.1 Å². The van der Waals surface area contributed by atoms with Crippen LogP contribution in [0.15, 0.2) is 12.4 Å². The zero-order valence-electron chi connectivity index (χ0n) is 7.24. The Balaban J connectivity index is 2.50. The van der Waals surface area contributed by atoms with Crippen molar-refractivity contribution < 1.29 is 13.9 Å². The van der Waals surface area contributed by atoms with Crippen molar-refractivity contribution in [1.29, 1.82) is 0 Å². The smallest absolute Gasteiger partial charge is 0.287 e. The third kappa shape index (κ3) is 3.09. The van der Waals surface area contributed by atoms with E-state index in [2.05, 4.69) is 15.3 Å². The topological polar surface area (TPSA) is 84.1 Å². The molecule has 1 rings (SSSR count). The summed E-state index contributed by atoms with van der Waals surface area (Å²) in [6.45, 7) is -1.90. The zero-order valence-corrected chi connectivity index (χ0v) is 7.24. The lowest BCUT2D eigenvalue weighted by Gasteiger charge is -2.13. The highest BCUT2D eigenvalue weighted by atomic mass is 19.3. The van der Waals surface area contributed by atoms with Gasteiger partial charge in [-0.25, -0.2) is 18.7 Å². The third-order valence-electron chi connectivity index (χ3n) is 1.43. The highest BCUT2D eigenvalue weighted by molar-refractivity contribution is 5.36. The van der Waals surface area contributed by atoms with Gasteiger partial charge in [-0.1, -0.05) is 0 Å². The Bertz CT molecular complexity index is 290. The number of nitrogens with two attached hydrogens (primary N) is 1. The zero-order chi connectivity index (χ0) is 10.6. The molecule has 0 fully saturated rings. The summed E-state index contributed by atoms with van der Waals surface area (Å²) in [4.78, 5) is 7.35. The van der Waals surface area contributed by atoms with Crippen molar-refractivity contribution in [3.05, 3.63) is 12.4 Å². The first-order valence-electron chi connectivity index (χ1n) is 3.83. The van der Waals surface area contributed by atoms with E-state index in [1.54, 1.807) is 0 Å². The molecule has 1 aromatic heterocycles. The van der Waals surface area contributed by atoms with Crippen LogP contribution in [0.5, 0.6) is 0 Å². The van der Waals surface area contributed by atoms with Gasteiger partial charge in [0.2, 0.25) is 0 Å². The normalized spacial score (nSPS) is 11.4. The van der Waals surface area contributed by atoms with Crippen LogP contribution in [0.2, 0.25) is 0 Å². The molecular formula is C7H10F2N4O. The van der Waals surface area contributed by atoms with Gasteiger partial charge in [-0.2, -0.15) is 0 Å². The predicted molar refractivity (Wildman–Crippen MR) is 47.0 cm³/mol. The molecule has 0 saturated heterocycles. The maximum atomic E-state index is 12.5. The van der Waals surface area contributed by atoms with E-state index in [4.69, 9.17) is 10.8 Å². The van der Waals surface area contributed by atoms with Gasteiger partial charge in [0.1, 0.15) is 18.2 Å². The quantitative estimate of drug-likeness (QED) is 0.647. The number of aliphatic hydroxyl groups excluding tert-OH is 1. The van der Waals surface area contributed by atoms with E-state index >= 15 is 0 Å². The van der Waals surface area contributed by atoms with Gasteiger partial charge in [0.25, 0.3) is 5.92 Å². The monoisotopic (exact) mass is 204 g/mol. The number of nitrogens with zero attached hydrogens (tertiary/aromatic N) is 2. The number of aromatic nitrogens is 2. The molecule has 78 valence electrons. The summed E-state index contributed by atoms with van der Waals surface area (Å²) in [5.41, 5.74) is 5.25. The van der Waals surface area contributed by atoms with E-state index in [1.807, 2.05) is 0 Å². The van der Waals surface area contributed by atoms with Crippen LogP contribution in [0.1, 0.15) is 0 Å². The van der Waals surface area contributed by atoms with Crippen molar-refractivity contribution >= 4 is 11.6 Å². The fraction of sp³-hybridized carbons (Fsp3) is 0.429. The lowest BCUT2D eigenvalue weighted by molar-refractivity contribution is -0.0373. The molecule has 1 aromatic rings. The highest BCUT2D eigenvalue weighted by Crippen LogP contribution is 2.12. The Kier molecular flexibility index (Phi) is 3.13. The second kappa shape index (κ2) is 4.14. The average molecular weight is 204 g/mol. The number of nitrogens with one attached hydrogen (secondary N) is 1. The minimum Gasteiger partial charge on any atom is -0.390 e. The summed E-state index contributed by atoms with van der Waals surface area (Å²) in [5.74, 6) is -2.76. The number of hydrogen-bond acceptors (Lipinski definition) is 5. The number of hydrogen-bond donors (Lipinski definition) is 3. The summed E-state index contributed by atoms with van der Waals surface area (Å²) in [6, 6.07) is 0. The molecule has 0 bridgehead atoms. The van der Waals surface area contributed by atoms with Crippen molar-refractivity contribution in [2.45, 2.75) is 5.92 Å². The maximum absolute atomic E-state index is 12.5. The molecule has 0 amide bonds. The van der Waals surface area contributed by atoms with Gasteiger partial charge >= 0.3 is 0 Å². The number of aliphatic hydroxyl groups is 1. The molecule has 14 heavy (non-hydrogen) atoms. The van der Waals surface area contributed by atoms with Crippen molar-refractivity contribution in [3.8, 4) is 0 Å². The van der Waals surface area contributed by atoms with Gasteiger partial charge in [-0.3, -0.25) is 0 Å². The summed E-state index contributed by atoms with van der Waals surface area (Å²) < 4.78 is 25.1. The van der Waals surface area contributed by atoms with Crippen molar-refractivity contribution in [2.75, 3.05) is 24.2 Å². The number of anilines is 2. The van der Waals surface area contributed by atoms with Gasteiger partial charge in [-0.15, -0.1) is 0 Å². The molecular weight excluding hydrogens is 194 g/mol. The number of rotatable bonds is 4. The Labute approximate surface area is 79.0 Å². The van der Waals surface area contributed by atoms with E-state index in [0.717, 1.165) is 0 Å². The van der Waals surface area contributed by atoms with E-state index in [9.17, 15) is 8.78 Å². The van der Waals surface area contributed by atoms with Crippen molar-refractivity contribution in [3.63, 3.8) is 0 Å². The van der Waals surface area contributed by atoms with E-state index in [1.165, 1.54) is 12.4 Å².